The molecule has 0 aliphatic heterocycles. The fraction of sp³-hybridized carbons (Fsp3) is 0.333. The van der Waals surface area contributed by atoms with Gasteiger partial charge in [-0.25, -0.2) is 0 Å². The fourth-order valence-corrected chi connectivity index (χ4v) is 2.31. The smallest absolute Gasteiger partial charge is 0.320 e. The maximum absolute atomic E-state index is 10.4. The van der Waals surface area contributed by atoms with Gasteiger partial charge in [0.15, 0.2) is 0 Å². The minimum Gasteiger partial charge on any atom is -0.481 e. The van der Waals surface area contributed by atoms with E-state index in [1.807, 2.05) is 60.7 Å². The average Bonchev–Trinajstić information content (AvgIpc) is 2.98. The minimum atomic E-state index is -1.17. The third-order valence-corrected chi connectivity index (χ3v) is 4.57. The minimum absolute atomic E-state index is 0.0231. The summed E-state index contributed by atoms with van der Waals surface area (Å²) < 4.78 is 0. The van der Waals surface area contributed by atoms with E-state index in [2.05, 4.69) is 11.5 Å². The molecule has 0 aliphatic carbocycles. The molecule has 17 heteroatoms. The van der Waals surface area contributed by atoms with Gasteiger partial charge in [0.25, 0.3) is 0 Å². The maximum Gasteiger partial charge on any atom is 0.320 e. The lowest BCUT2D eigenvalue weighted by molar-refractivity contribution is -0.141. The molecule has 2 aromatic rings. The van der Waals surface area contributed by atoms with Gasteiger partial charge in [0.05, 0.1) is 13.1 Å². The van der Waals surface area contributed by atoms with Crippen LogP contribution >= 0.6 is 0 Å². The molecular formula is C27H41N5O12. The lowest BCUT2D eigenvalue weighted by atomic mass is 10.1. The zero-order valence-corrected chi connectivity index (χ0v) is 23.8. The Bertz CT molecular complexity index is 1050. The first-order valence-electron chi connectivity index (χ1n) is 12.6. The van der Waals surface area contributed by atoms with Gasteiger partial charge in [-0.15, -0.1) is 0 Å². The fourth-order valence-electron chi connectivity index (χ4n) is 2.31. The van der Waals surface area contributed by atoms with Crippen LogP contribution in [-0.2, 0) is 41.6 Å². The van der Waals surface area contributed by atoms with Gasteiger partial charge in [0, 0.05) is 6.42 Å². The second-order valence-corrected chi connectivity index (χ2v) is 8.34. The van der Waals surface area contributed by atoms with Crippen LogP contribution < -0.4 is 28.7 Å². The standard InChI is InChI=1S/2C9H11NO2.C5H9NO4.2C2H5NO2/c2*10-8(9(11)12)6-7-4-2-1-3-5-7;6-3(5(9)10)1-2-4(7)8;2*3-1-2(4)5/h2*1-5,8H,6,10H2,(H,11,12);3H,1-2,6H2,(H,7,8)(H,9,10);2*1,3H2,(H,4,5)/t2*8-;3-;;/m000../s1. The first-order valence-corrected chi connectivity index (χ1v) is 12.6. The normalized spacial score (nSPS) is 11.3. The van der Waals surface area contributed by atoms with Crippen molar-refractivity contribution in [3.05, 3.63) is 71.8 Å². The number of hydrogen-bond donors (Lipinski definition) is 11. The van der Waals surface area contributed by atoms with E-state index in [1.165, 1.54) is 0 Å². The molecule has 0 saturated heterocycles. The van der Waals surface area contributed by atoms with Crippen LogP contribution in [0, 0.1) is 0 Å². The number of benzene rings is 2. The summed E-state index contributed by atoms with van der Waals surface area (Å²) in [6.45, 7) is -0.556. The van der Waals surface area contributed by atoms with Crippen molar-refractivity contribution in [1.29, 1.82) is 0 Å². The van der Waals surface area contributed by atoms with Crippen molar-refractivity contribution in [2.24, 2.45) is 28.7 Å². The molecule has 0 saturated carbocycles. The Labute approximate surface area is 252 Å². The van der Waals surface area contributed by atoms with E-state index < -0.39 is 53.9 Å². The first-order chi connectivity index (χ1) is 20.5. The topological polar surface area (TPSA) is 354 Å². The van der Waals surface area contributed by atoms with Gasteiger partial charge < -0.3 is 59.3 Å². The molecule has 17 nitrogen and oxygen atoms in total. The van der Waals surface area contributed by atoms with E-state index in [9.17, 15) is 28.8 Å². The zero-order valence-electron chi connectivity index (χ0n) is 23.8. The predicted octanol–water partition coefficient (Wildman–Crippen LogP) is -1.40. The van der Waals surface area contributed by atoms with Gasteiger partial charge in [-0.2, -0.15) is 0 Å². The first kappa shape index (κ1) is 43.5. The van der Waals surface area contributed by atoms with Gasteiger partial charge in [0.1, 0.15) is 18.1 Å². The molecule has 0 bridgehead atoms. The van der Waals surface area contributed by atoms with Gasteiger partial charge in [-0.3, -0.25) is 28.8 Å². The predicted molar refractivity (Wildman–Crippen MR) is 157 cm³/mol. The third kappa shape index (κ3) is 30.0. The average molecular weight is 628 g/mol. The molecule has 0 unspecified atom stereocenters. The van der Waals surface area contributed by atoms with Crippen LogP contribution in [0.2, 0.25) is 0 Å². The van der Waals surface area contributed by atoms with E-state index in [0.717, 1.165) is 11.1 Å². The van der Waals surface area contributed by atoms with Gasteiger partial charge >= 0.3 is 35.8 Å². The summed E-state index contributed by atoms with van der Waals surface area (Å²) >= 11 is 0. The van der Waals surface area contributed by atoms with Crippen LogP contribution in [0.1, 0.15) is 24.0 Å². The third-order valence-electron chi connectivity index (χ3n) is 4.57. The monoisotopic (exact) mass is 627 g/mol. The van der Waals surface area contributed by atoms with Gasteiger partial charge in [-0.1, -0.05) is 60.7 Å². The second-order valence-electron chi connectivity index (χ2n) is 8.34. The Morgan fingerprint density at radius 2 is 0.773 bits per heavy atom. The number of hydrogen-bond acceptors (Lipinski definition) is 11. The zero-order chi connectivity index (χ0) is 34.7. The molecule has 246 valence electrons. The molecule has 0 spiro atoms. The molecule has 0 radical (unpaired) electrons. The Hall–Kier alpha value is -4.94. The van der Waals surface area contributed by atoms with Crippen LogP contribution in [0.25, 0.3) is 0 Å². The highest BCUT2D eigenvalue weighted by Gasteiger charge is 2.13. The number of carbonyl (C=O) groups is 6. The van der Waals surface area contributed by atoms with Crippen LogP contribution in [0.4, 0.5) is 0 Å². The van der Waals surface area contributed by atoms with Crippen molar-refractivity contribution in [1.82, 2.24) is 0 Å². The van der Waals surface area contributed by atoms with Crippen molar-refractivity contribution >= 4 is 35.8 Å². The SMILES string of the molecule is NCC(=O)O.NCC(=O)O.N[C@@H](CCC(=O)O)C(=O)O.N[C@@H](Cc1ccccc1)C(=O)O.N[C@@H](Cc1ccccc1)C(=O)O. The Morgan fingerprint density at radius 1 is 0.500 bits per heavy atom. The molecule has 44 heavy (non-hydrogen) atoms. The van der Waals surface area contributed by atoms with Crippen molar-refractivity contribution in [3.63, 3.8) is 0 Å². The van der Waals surface area contributed by atoms with Crippen molar-refractivity contribution in [3.8, 4) is 0 Å². The van der Waals surface area contributed by atoms with Gasteiger partial charge in [0.2, 0.25) is 0 Å². The summed E-state index contributed by atoms with van der Waals surface area (Å²) in [4.78, 5) is 59.1. The highest BCUT2D eigenvalue weighted by atomic mass is 16.4. The number of carboxylic acid groups (broad SMARTS) is 6. The Balaban J connectivity index is -0.000000500. The van der Waals surface area contributed by atoms with Gasteiger partial charge in [-0.05, 0) is 30.4 Å². The van der Waals surface area contributed by atoms with E-state index >= 15 is 0 Å². The molecule has 0 aromatic heterocycles. The number of rotatable bonds is 12. The van der Waals surface area contributed by atoms with Crippen LogP contribution in [0.3, 0.4) is 0 Å². The van der Waals surface area contributed by atoms with E-state index in [4.69, 9.17) is 47.8 Å². The lowest BCUT2D eigenvalue weighted by Gasteiger charge is -2.04. The summed E-state index contributed by atoms with van der Waals surface area (Å²) in [5.74, 6) is -6.05. The summed E-state index contributed by atoms with van der Waals surface area (Å²) in [5.41, 5.74) is 26.7. The highest BCUT2D eigenvalue weighted by molar-refractivity contribution is 5.75. The largest absolute Gasteiger partial charge is 0.481 e. The molecule has 2 rings (SSSR count). The van der Waals surface area contributed by atoms with E-state index in [1.54, 1.807) is 0 Å². The number of carboxylic acids is 6. The Morgan fingerprint density at radius 3 is 0.977 bits per heavy atom. The number of aliphatic carboxylic acids is 6. The van der Waals surface area contributed by atoms with Crippen molar-refractivity contribution in [2.75, 3.05) is 13.1 Å². The molecular weight excluding hydrogens is 586 g/mol. The summed E-state index contributed by atoms with van der Waals surface area (Å²) in [5, 5.41) is 48.5. The van der Waals surface area contributed by atoms with Crippen LogP contribution in [-0.4, -0.2) is 97.7 Å². The van der Waals surface area contributed by atoms with Crippen molar-refractivity contribution < 1.29 is 59.4 Å². The number of nitrogens with two attached hydrogens (primary N) is 5. The lowest BCUT2D eigenvalue weighted by Crippen LogP contribution is -2.32. The quantitative estimate of drug-likeness (QED) is 0.129. The van der Waals surface area contributed by atoms with Crippen molar-refractivity contribution in [2.45, 2.75) is 43.8 Å². The molecule has 0 heterocycles. The second kappa shape index (κ2) is 26.9. The molecule has 2 aromatic carbocycles. The van der Waals surface area contributed by atoms with E-state index in [-0.39, 0.29) is 25.9 Å². The summed E-state index contributed by atoms with van der Waals surface area (Å²) in [6, 6.07) is 16.0. The Kier molecular flexibility index (Phi) is 26.6. The highest BCUT2D eigenvalue weighted by Crippen LogP contribution is 2.02. The summed E-state index contributed by atoms with van der Waals surface area (Å²) in [7, 11) is 0. The maximum atomic E-state index is 10.4. The molecule has 16 N–H and O–H groups in total. The van der Waals surface area contributed by atoms with E-state index in [0.29, 0.717) is 12.8 Å². The molecule has 0 aliphatic rings. The van der Waals surface area contributed by atoms with Crippen LogP contribution in [0.5, 0.6) is 0 Å². The van der Waals surface area contributed by atoms with Crippen LogP contribution in [0.15, 0.2) is 60.7 Å². The molecule has 3 atom stereocenters. The summed E-state index contributed by atoms with van der Waals surface area (Å²) in [6.07, 6.45) is 0.546. The molecule has 0 fully saturated rings. The molecule has 0 amide bonds.